The van der Waals surface area contributed by atoms with Crippen LogP contribution in [0.5, 0.6) is 5.75 Å². The Hall–Kier alpha value is -2.44. The van der Waals surface area contributed by atoms with Crippen molar-refractivity contribution in [2.45, 2.75) is 55.2 Å². The molecule has 2 aromatic rings. The SMILES string of the molecule is COc1ccc(S(=O)(=O)N(CCO)CCO[C@@H]2C[C@H](c3ccsc3)C=C(C(=O)NC3CCCC3)O2)cc1. The first-order valence-electron chi connectivity index (χ1n) is 12.5. The highest BCUT2D eigenvalue weighted by Crippen LogP contribution is 2.33. The van der Waals surface area contributed by atoms with Crippen LogP contribution in [0.25, 0.3) is 0 Å². The van der Waals surface area contributed by atoms with Gasteiger partial charge in [0.2, 0.25) is 16.3 Å². The first-order chi connectivity index (χ1) is 17.9. The Morgan fingerprint density at radius 2 is 1.95 bits per heavy atom. The summed E-state index contributed by atoms with van der Waals surface area (Å²) < 4.78 is 44.5. The van der Waals surface area contributed by atoms with E-state index in [-0.39, 0.29) is 54.8 Å². The molecule has 0 saturated heterocycles. The molecule has 1 aliphatic carbocycles. The van der Waals surface area contributed by atoms with Gasteiger partial charge in [-0.2, -0.15) is 15.6 Å². The molecule has 1 fully saturated rings. The lowest BCUT2D eigenvalue weighted by atomic mass is 9.95. The number of aliphatic hydroxyl groups excluding tert-OH is 1. The number of sulfonamides is 1. The topological polar surface area (TPSA) is 114 Å². The summed E-state index contributed by atoms with van der Waals surface area (Å²) in [7, 11) is -2.34. The summed E-state index contributed by atoms with van der Waals surface area (Å²) in [4.78, 5) is 13.0. The van der Waals surface area contributed by atoms with E-state index in [1.165, 1.54) is 23.5 Å². The number of carbonyl (C=O) groups excluding carboxylic acids is 1. The minimum absolute atomic E-state index is 0.0191. The van der Waals surface area contributed by atoms with Crippen LogP contribution in [0.2, 0.25) is 0 Å². The third kappa shape index (κ3) is 7.11. The summed E-state index contributed by atoms with van der Waals surface area (Å²) in [6, 6.07) is 8.26. The third-order valence-electron chi connectivity index (χ3n) is 6.63. The van der Waals surface area contributed by atoms with Crippen LogP contribution in [-0.4, -0.2) is 69.5 Å². The minimum atomic E-state index is -3.85. The van der Waals surface area contributed by atoms with Crippen LogP contribution in [0.15, 0.2) is 57.8 Å². The number of rotatable bonds is 12. The van der Waals surface area contributed by atoms with Gasteiger partial charge in [0.1, 0.15) is 5.75 Å². The molecule has 2 aliphatic rings. The molecule has 0 radical (unpaired) electrons. The molecule has 1 saturated carbocycles. The summed E-state index contributed by atoms with van der Waals surface area (Å²) >= 11 is 1.58. The van der Waals surface area contributed by atoms with E-state index in [0.717, 1.165) is 31.2 Å². The average Bonchev–Trinajstić information content (AvgIpc) is 3.63. The van der Waals surface area contributed by atoms with Gasteiger partial charge in [-0.05, 0) is 65.6 Å². The largest absolute Gasteiger partial charge is 0.497 e. The van der Waals surface area contributed by atoms with Gasteiger partial charge >= 0.3 is 0 Å². The molecule has 0 unspecified atom stereocenters. The number of allylic oxidation sites excluding steroid dienone is 1. The van der Waals surface area contributed by atoms with Crippen molar-refractivity contribution in [3.05, 3.63) is 58.5 Å². The van der Waals surface area contributed by atoms with Gasteiger partial charge < -0.3 is 24.6 Å². The summed E-state index contributed by atoms with van der Waals surface area (Å²) in [6.45, 7) is -0.349. The van der Waals surface area contributed by atoms with Crippen LogP contribution in [-0.2, 0) is 24.3 Å². The molecule has 37 heavy (non-hydrogen) atoms. The predicted molar refractivity (Wildman–Crippen MR) is 140 cm³/mol. The van der Waals surface area contributed by atoms with Gasteiger partial charge in [-0.1, -0.05) is 12.8 Å². The van der Waals surface area contributed by atoms with Crippen LogP contribution < -0.4 is 10.1 Å². The van der Waals surface area contributed by atoms with Crippen LogP contribution >= 0.6 is 11.3 Å². The molecule has 2 atom stereocenters. The molecule has 11 heteroatoms. The van der Waals surface area contributed by atoms with Gasteiger partial charge in [0.15, 0.2) is 5.76 Å². The number of benzene rings is 1. The Labute approximate surface area is 222 Å². The summed E-state index contributed by atoms with van der Waals surface area (Å²) in [5, 5.41) is 16.6. The molecule has 1 aliphatic heterocycles. The van der Waals surface area contributed by atoms with Crippen molar-refractivity contribution in [3.8, 4) is 5.75 Å². The first kappa shape index (κ1) is 27.6. The Kier molecular flexibility index (Phi) is 9.60. The zero-order valence-electron chi connectivity index (χ0n) is 20.9. The highest BCUT2D eigenvalue weighted by Gasteiger charge is 2.31. The number of hydrogen-bond donors (Lipinski definition) is 2. The van der Waals surface area contributed by atoms with Gasteiger partial charge in [-0.15, -0.1) is 0 Å². The third-order valence-corrected chi connectivity index (χ3v) is 9.25. The van der Waals surface area contributed by atoms with E-state index in [1.807, 2.05) is 22.9 Å². The molecular formula is C26H34N2O7S2. The van der Waals surface area contributed by atoms with E-state index >= 15 is 0 Å². The monoisotopic (exact) mass is 550 g/mol. The number of aliphatic hydroxyl groups is 1. The number of hydrogen-bond acceptors (Lipinski definition) is 8. The van der Waals surface area contributed by atoms with Gasteiger partial charge in [-0.25, -0.2) is 8.42 Å². The summed E-state index contributed by atoms with van der Waals surface area (Å²) in [5.41, 5.74) is 1.08. The second kappa shape index (κ2) is 12.9. The molecular weight excluding hydrogens is 516 g/mol. The van der Waals surface area contributed by atoms with Gasteiger partial charge in [0.05, 0.1) is 25.2 Å². The number of nitrogens with one attached hydrogen (secondary N) is 1. The molecule has 2 N–H and O–H groups in total. The summed E-state index contributed by atoms with van der Waals surface area (Å²) in [6.07, 6.45) is 5.79. The molecule has 1 aromatic heterocycles. The number of amides is 1. The Morgan fingerprint density at radius 1 is 1.19 bits per heavy atom. The Morgan fingerprint density at radius 3 is 2.59 bits per heavy atom. The molecule has 1 aromatic carbocycles. The van der Waals surface area contributed by atoms with E-state index in [2.05, 4.69) is 5.32 Å². The van der Waals surface area contributed by atoms with Crippen molar-refractivity contribution in [2.75, 3.05) is 33.4 Å². The smallest absolute Gasteiger partial charge is 0.286 e. The lowest BCUT2D eigenvalue weighted by Gasteiger charge is -2.30. The molecule has 2 heterocycles. The number of nitrogens with zero attached hydrogens (tertiary/aromatic N) is 1. The van der Waals surface area contributed by atoms with E-state index < -0.39 is 16.3 Å². The van der Waals surface area contributed by atoms with E-state index in [9.17, 15) is 18.3 Å². The second-order valence-electron chi connectivity index (χ2n) is 9.11. The van der Waals surface area contributed by atoms with Crippen molar-refractivity contribution < 1.29 is 32.5 Å². The van der Waals surface area contributed by atoms with E-state index in [4.69, 9.17) is 14.2 Å². The number of ether oxygens (including phenoxy) is 3. The average molecular weight is 551 g/mol. The van der Waals surface area contributed by atoms with Crippen LogP contribution in [0.1, 0.15) is 43.6 Å². The van der Waals surface area contributed by atoms with Gasteiger partial charge in [0.25, 0.3) is 5.91 Å². The maximum Gasteiger partial charge on any atom is 0.286 e. The fourth-order valence-corrected chi connectivity index (χ4v) is 6.75. The molecule has 0 spiro atoms. The highest BCUT2D eigenvalue weighted by atomic mass is 32.2. The normalized spacial score (nSPS) is 20.5. The summed E-state index contributed by atoms with van der Waals surface area (Å²) in [5.74, 6) is 0.485. The van der Waals surface area contributed by atoms with Crippen LogP contribution in [0.3, 0.4) is 0 Å². The van der Waals surface area contributed by atoms with Crippen molar-refractivity contribution in [1.29, 1.82) is 0 Å². The standard InChI is InChI=1S/C26H34N2O7S2/c1-33-22-6-8-23(9-7-22)37(31,32)28(11-13-29)12-14-34-25-17-20(19-10-15-36-18-19)16-24(35-25)26(30)27-21-4-2-3-5-21/h6-10,15-16,18,20-21,25,29H,2-5,11-14,17H2,1H3,(H,27,30)/t20-,25+/m1/s1. The minimum Gasteiger partial charge on any atom is -0.497 e. The fraction of sp³-hybridized carbons (Fsp3) is 0.500. The number of carbonyl (C=O) groups is 1. The zero-order valence-corrected chi connectivity index (χ0v) is 22.5. The van der Waals surface area contributed by atoms with E-state index in [1.54, 1.807) is 23.5 Å². The Balaban J connectivity index is 1.41. The number of methoxy groups -OCH3 is 1. The molecule has 4 rings (SSSR count). The molecule has 202 valence electrons. The maximum absolute atomic E-state index is 13.1. The van der Waals surface area contributed by atoms with Crippen molar-refractivity contribution in [3.63, 3.8) is 0 Å². The Bertz CT molecular complexity index is 1140. The van der Waals surface area contributed by atoms with Crippen molar-refractivity contribution in [1.82, 2.24) is 9.62 Å². The quantitative estimate of drug-likeness (QED) is 0.417. The van der Waals surface area contributed by atoms with E-state index in [0.29, 0.717) is 12.2 Å². The fourth-order valence-electron chi connectivity index (χ4n) is 4.61. The second-order valence-corrected chi connectivity index (χ2v) is 11.8. The predicted octanol–water partition coefficient (Wildman–Crippen LogP) is 3.23. The first-order valence-corrected chi connectivity index (χ1v) is 14.9. The molecule has 1 amide bonds. The highest BCUT2D eigenvalue weighted by molar-refractivity contribution is 7.89. The lowest BCUT2D eigenvalue weighted by molar-refractivity contribution is -0.146. The molecule has 0 bridgehead atoms. The van der Waals surface area contributed by atoms with Crippen molar-refractivity contribution in [2.24, 2.45) is 0 Å². The molecule has 9 nitrogen and oxygen atoms in total. The lowest BCUT2D eigenvalue weighted by Crippen LogP contribution is -2.39. The maximum atomic E-state index is 13.1. The van der Waals surface area contributed by atoms with Crippen molar-refractivity contribution >= 4 is 27.3 Å². The number of thiophene rings is 1. The van der Waals surface area contributed by atoms with Gasteiger partial charge in [-0.3, -0.25) is 4.79 Å². The van der Waals surface area contributed by atoms with Crippen LogP contribution in [0.4, 0.5) is 0 Å². The van der Waals surface area contributed by atoms with Crippen LogP contribution in [0, 0.1) is 0 Å². The zero-order chi connectivity index (χ0) is 26.3. The van der Waals surface area contributed by atoms with Gasteiger partial charge in [0, 0.05) is 31.5 Å².